The van der Waals surface area contributed by atoms with Crippen molar-refractivity contribution in [1.82, 2.24) is 10.9 Å². The van der Waals surface area contributed by atoms with Gasteiger partial charge in [0.1, 0.15) is 0 Å². The molecule has 0 saturated carbocycles. The molecular weight excluding hydrogens is 208 g/mol. The molecule has 0 saturated heterocycles. The molecule has 2 nitrogen and oxygen atoms in total. The third-order valence-corrected chi connectivity index (χ3v) is 3.58. The zero-order chi connectivity index (χ0) is 13.0. The number of nitrogens with one attached hydrogen (secondary N) is 2. The summed E-state index contributed by atoms with van der Waals surface area (Å²) in [5.41, 5.74) is 12.5. The largest absolute Gasteiger partial charge is 0.322 e. The molecule has 17 heavy (non-hydrogen) atoms. The lowest BCUT2D eigenvalue weighted by Crippen LogP contribution is -2.30. The summed E-state index contributed by atoms with van der Waals surface area (Å²) in [6, 6.07) is 0. The summed E-state index contributed by atoms with van der Waals surface area (Å²) in [6.45, 7) is 11.4. The Balaban J connectivity index is 3.21. The minimum Gasteiger partial charge on any atom is -0.322 e. The van der Waals surface area contributed by atoms with E-state index >= 15 is 0 Å². The molecule has 0 bridgehead atoms. The van der Waals surface area contributed by atoms with Crippen molar-refractivity contribution in [3.8, 4) is 0 Å². The molecule has 0 aromatic rings. The van der Waals surface area contributed by atoms with Crippen molar-refractivity contribution in [2.24, 2.45) is 11.8 Å². The van der Waals surface area contributed by atoms with E-state index in [9.17, 15) is 0 Å². The molecular formula is C15H28N2. The standard InChI is InChI=1S/C15H28N2/c1-10(2)14(11(3)4)15(17-16-6)13-9-7-8-12(13)5/h10-11,16-17H,7-9H2,1-6H3. The zero-order valence-corrected chi connectivity index (χ0v) is 12.3. The van der Waals surface area contributed by atoms with Crippen LogP contribution in [0.2, 0.25) is 0 Å². The van der Waals surface area contributed by atoms with Crippen LogP contribution in [-0.2, 0) is 0 Å². The van der Waals surface area contributed by atoms with Crippen LogP contribution in [-0.4, -0.2) is 7.05 Å². The number of hydrogen-bond acceptors (Lipinski definition) is 2. The van der Waals surface area contributed by atoms with E-state index in [1.54, 1.807) is 5.57 Å². The molecule has 0 fully saturated rings. The van der Waals surface area contributed by atoms with E-state index in [1.165, 1.54) is 36.1 Å². The molecule has 1 rings (SSSR count). The van der Waals surface area contributed by atoms with Gasteiger partial charge in [0.15, 0.2) is 0 Å². The maximum atomic E-state index is 3.39. The molecule has 1 aliphatic carbocycles. The number of allylic oxidation sites excluding steroid dienone is 3. The maximum Gasteiger partial charge on any atom is 0.0516 e. The van der Waals surface area contributed by atoms with Crippen LogP contribution in [0.15, 0.2) is 22.4 Å². The molecule has 1 aliphatic rings. The molecule has 2 N–H and O–H groups in total. The molecule has 0 radical (unpaired) electrons. The third-order valence-electron chi connectivity index (χ3n) is 3.58. The smallest absolute Gasteiger partial charge is 0.0516 e. The van der Waals surface area contributed by atoms with Gasteiger partial charge in [0.2, 0.25) is 0 Å². The van der Waals surface area contributed by atoms with Gasteiger partial charge in [0, 0.05) is 7.05 Å². The Hall–Kier alpha value is -0.760. The highest BCUT2D eigenvalue weighted by atomic mass is 15.3. The minimum atomic E-state index is 0.590. The molecule has 0 aromatic heterocycles. The number of rotatable bonds is 5. The quantitative estimate of drug-likeness (QED) is 0.710. The fourth-order valence-corrected chi connectivity index (χ4v) is 2.92. The van der Waals surface area contributed by atoms with Gasteiger partial charge >= 0.3 is 0 Å². The van der Waals surface area contributed by atoms with Crippen LogP contribution >= 0.6 is 0 Å². The molecule has 0 unspecified atom stereocenters. The normalized spacial score (nSPS) is 16.0. The minimum absolute atomic E-state index is 0.590. The average molecular weight is 236 g/mol. The van der Waals surface area contributed by atoms with Gasteiger partial charge in [0.05, 0.1) is 5.70 Å². The van der Waals surface area contributed by atoms with Crippen molar-refractivity contribution < 1.29 is 0 Å². The second kappa shape index (κ2) is 6.25. The Morgan fingerprint density at radius 1 is 1.06 bits per heavy atom. The monoisotopic (exact) mass is 236 g/mol. The summed E-state index contributed by atoms with van der Waals surface area (Å²) in [6.07, 6.45) is 3.78. The predicted molar refractivity (Wildman–Crippen MR) is 75.4 cm³/mol. The average Bonchev–Trinajstić information content (AvgIpc) is 2.62. The van der Waals surface area contributed by atoms with E-state index in [0.29, 0.717) is 11.8 Å². The van der Waals surface area contributed by atoms with Crippen LogP contribution in [0.1, 0.15) is 53.9 Å². The Labute approximate surface area is 107 Å². The summed E-state index contributed by atoms with van der Waals surface area (Å²) >= 11 is 0. The van der Waals surface area contributed by atoms with Crippen molar-refractivity contribution in [3.63, 3.8) is 0 Å². The van der Waals surface area contributed by atoms with Crippen LogP contribution < -0.4 is 10.9 Å². The first-order chi connectivity index (χ1) is 7.99. The van der Waals surface area contributed by atoms with Crippen LogP contribution in [0.25, 0.3) is 0 Å². The second-order valence-electron chi connectivity index (χ2n) is 5.63. The Morgan fingerprint density at radius 3 is 2.00 bits per heavy atom. The van der Waals surface area contributed by atoms with Crippen molar-refractivity contribution in [2.75, 3.05) is 7.05 Å². The Bertz CT molecular complexity index is 312. The van der Waals surface area contributed by atoms with E-state index in [0.717, 1.165) is 0 Å². The molecule has 2 heteroatoms. The lowest BCUT2D eigenvalue weighted by Gasteiger charge is -2.24. The molecule has 0 aliphatic heterocycles. The SMILES string of the molecule is CNNC(C1=C(C)CCC1)=C(C(C)C)C(C)C. The van der Waals surface area contributed by atoms with Crippen molar-refractivity contribution in [2.45, 2.75) is 53.9 Å². The summed E-state index contributed by atoms with van der Waals surface area (Å²) < 4.78 is 0. The van der Waals surface area contributed by atoms with Crippen LogP contribution in [0.3, 0.4) is 0 Å². The van der Waals surface area contributed by atoms with E-state index in [-0.39, 0.29) is 0 Å². The third kappa shape index (κ3) is 3.35. The van der Waals surface area contributed by atoms with Gasteiger partial charge in [-0.1, -0.05) is 33.3 Å². The second-order valence-corrected chi connectivity index (χ2v) is 5.63. The van der Waals surface area contributed by atoms with E-state index in [1.807, 2.05) is 7.05 Å². The molecule has 98 valence electrons. The van der Waals surface area contributed by atoms with Crippen LogP contribution in [0.4, 0.5) is 0 Å². The van der Waals surface area contributed by atoms with E-state index in [4.69, 9.17) is 0 Å². The van der Waals surface area contributed by atoms with Crippen molar-refractivity contribution >= 4 is 0 Å². The van der Waals surface area contributed by atoms with Gasteiger partial charge in [-0.05, 0) is 49.2 Å². The van der Waals surface area contributed by atoms with Gasteiger partial charge in [-0.25, -0.2) is 5.43 Å². The Morgan fingerprint density at radius 2 is 1.65 bits per heavy atom. The van der Waals surface area contributed by atoms with Crippen molar-refractivity contribution in [3.05, 3.63) is 22.4 Å². The lowest BCUT2D eigenvalue weighted by molar-refractivity contribution is 0.579. The van der Waals surface area contributed by atoms with Crippen LogP contribution in [0, 0.1) is 11.8 Å². The first kappa shape index (κ1) is 14.3. The fraction of sp³-hybridized carbons (Fsp3) is 0.733. The zero-order valence-electron chi connectivity index (χ0n) is 12.3. The molecule has 0 amide bonds. The van der Waals surface area contributed by atoms with Gasteiger partial charge < -0.3 is 5.43 Å². The van der Waals surface area contributed by atoms with E-state index in [2.05, 4.69) is 45.5 Å². The molecule has 0 heterocycles. The summed E-state index contributed by atoms with van der Waals surface area (Å²) in [7, 11) is 1.95. The molecule has 0 spiro atoms. The summed E-state index contributed by atoms with van der Waals surface area (Å²) in [4.78, 5) is 0. The highest BCUT2D eigenvalue weighted by Crippen LogP contribution is 2.34. The van der Waals surface area contributed by atoms with Gasteiger partial charge in [-0.3, -0.25) is 0 Å². The highest BCUT2D eigenvalue weighted by molar-refractivity contribution is 5.40. The van der Waals surface area contributed by atoms with Gasteiger partial charge in [0.25, 0.3) is 0 Å². The van der Waals surface area contributed by atoms with Gasteiger partial charge in [-0.2, -0.15) is 0 Å². The highest BCUT2D eigenvalue weighted by Gasteiger charge is 2.21. The first-order valence-corrected chi connectivity index (χ1v) is 6.84. The fourth-order valence-electron chi connectivity index (χ4n) is 2.92. The molecule has 0 aromatic carbocycles. The lowest BCUT2D eigenvalue weighted by atomic mass is 9.87. The van der Waals surface area contributed by atoms with Crippen molar-refractivity contribution in [1.29, 1.82) is 0 Å². The molecule has 0 atom stereocenters. The maximum absolute atomic E-state index is 3.39. The number of hydrazine groups is 1. The summed E-state index contributed by atoms with van der Waals surface area (Å²) in [5.74, 6) is 1.18. The predicted octanol–water partition coefficient (Wildman–Crippen LogP) is 3.78. The Kier molecular flexibility index (Phi) is 5.26. The van der Waals surface area contributed by atoms with Crippen LogP contribution in [0.5, 0.6) is 0 Å². The topological polar surface area (TPSA) is 24.1 Å². The van der Waals surface area contributed by atoms with E-state index < -0.39 is 0 Å². The summed E-state index contributed by atoms with van der Waals surface area (Å²) in [5, 5.41) is 0. The first-order valence-electron chi connectivity index (χ1n) is 6.84. The van der Waals surface area contributed by atoms with Gasteiger partial charge in [-0.15, -0.1) is 0 Å². The number of hydrogen-bond donors (Lipinski definition) is 2.